The second-order valence-corrected chi connectivity index (χ2v) is 6.77. The molecule has 124 valence electrons. The van der Waals surface area contributed by atoms with Crippen LogP contribution in [0.3, 0.4) is 0 Å². The van der Waals surface area contributed by atoms with E-state index in [1.807, 2.05) is 57.2 Å². The average Bonchev–Trinajstić information content (AvgIpc) is 2.83. The summed E-state index contributed by atoms with van der Waals surface area (Å²) in [6, 6.07) is 11.7. The lowest BCUT2D eigenvalue weighted by Gasteiger charge is -2.16. The smallest absolute Gasteiger partial charge is 0.293 e. The topological polar surface area (TPSA) is 46.6 Å². The van der Waals surface area contributed by atoms with Crippen molar-refractivity contribution in [3.63, 3.8) is 0 Å². The van der Waals surface area contributed by atoms with Gasteiger partial charge < -0.3 is 4.74 Å². The zero-order chi connectivity index (χ0) is 17.3. The average molecular weight is 341 g/mol. The van der Waals surface area contributed by atoms with E-state index >= 15 is 0 Å². The van der Waals surface area contributed by atoms with Crippen molar-refractivity contribution in [3.8, 4) is 5.75 Å². The minimum Gasteiger partial charge on any atom is -0.493 e. The van der Waals surface area contributed by atoms with Crippen LogP contribution in [0.2, 0.25) is 0 Å². The molecule has 0 aromatic heterocycles. The number of amides is 2. The Bertz CT molecular complexity index is 842. The molecule has 1 fully saturated rings. The van der Waals surface area contributed by atoms with Gasteiger partial charge in [-0.2, -0.15) is 0 Å². The van der Waals surface area contributed by atoms with Crippen LogP contribution in [0, 0.1) is 0 Å². The molecule has 0 radical (unpaired) electrons. The monoisotopic (exact) mass is 341 g/mol. The van der Waals surface area contributed by atoms with Crippen LogP contribution in [0.4, 0.5) is 4.79 Å². The van der Waals surface area contributed by atoms with Crippen molar-refractivity contribution in [3.05, 3.63) is 46.9 Å². The number of carbonyl (C=O) groups excluding carboxylic acids is 2. The molecule has 4 nitrogen and oxygen atoms in total. The number of hydrogen-bond donors (Lipinski definition) is 0. The Morgan fingerprint density at radius 2 is 1.92 bits per heavy atom. The van der Waals surface area contributed by atoms with Gasteiger partial charge in [0, 0.05) is 11.6 Å². The van der Waals surface area contributed by atoms with Crippen LogP contribution in [-0.4, -0.2) is 28.7 Å². The number of carbonyl (C=O) groups is 2. The standard InChI is InChI=1S/C19H19NO3S/c1-4-23-16-10-9-13-7-5-6-8-14(13)15(16)11-17-18(21)20(12(2)3)19(22)24-17/h5-12H,4H2,1-3H3/b17-11+. The van der Waals surface area contributed by atoms with Gasteiger partial charge in [0.05, 0.1) is 11.5 Å². The van der Waals surface area contributed by atoms with Gasteiger partial charge >= 0.3 is 0 Å². The molecule has 0 aliphatic carbocycles. The van der Waals surface area contributed by atoms with E-state index in [9.17, 15) is 9.59 Å². The van der Waals surface area contributed by atoms with E-state index in [0.717, 1.165) is 28.1 Å². The predicted molar refractivity (Wildman–Crippen MR) is 98.1 cm³/mol. The second kappa shape index (κ2) is 6.69. The molecule has 1 heterocycles. The molecule has 5 heteroatoms. The Labute approximate surface area is 145 Å². The molecule has 0 atom stereocenters. The zero-order valence-corrected chi connectivity index (χ0v) is 14.7. The van der Waals surface area contributed by atoms with E-state index in [4.69, 9.17) is 4.74 Å². The number of imide groups is 1. The maximum atomic E-state index is 12.5. The molecule has 2 amide bonds. The normalized spacial score (nSPS) is 16.7. The van der Waals surface area contributed by atoms with Crippen molar-refractivity contribution < 1.29 is 14.3 Å². The third-order valence-corrected chi connectivity index (χ3v) is 4.73. The first kappa shape index (κ1) is 16.6. The largest absolute Gasteiger partial charge is 0.493 e. The number of benzene rings is 2. The van der Waals surface area contributed by atoms with Gasteiger partial charge in [-0.3, -0.25) is 14.5 Å². The third kappa shape index (κ3) is 2.91. The van der Waals surface area contributed by atoms with Crippen molar-refractivity contribution in [2.75, 3.05) is 6.61 Å². The van der Waals surface area contributed by atoms with Crippen molar-refractivity contribution in [1.29, 1.82) is 0 Å². The maximum absolute atomic E-state index is 12.5. The molecule has 1 aliphatic rings. The minimum absolute atomic E-state index is 0.151. The fraction of sp³-hybridized carbons (Fsp3) is 0.263. The number of thioether (sulfide) groups is 1. The highest BCUT2D eigenvalue weighted by Crippen LogP contribution is 2.37. The van der Waals surface area contributed by atoms with Crippen LogP contribution in [0.15, 0.2) is 41.3 Å². The highest BCUT2D eigenvalue weighted by atomic mass is 32.2. The molecular formula is C19H19NO3S. The summed E-state index contributed by atoms with van der Waals surface area (Å²) >= 11 is 0.983. The highest BCUT2D eigenvalue weighted by Gasteiger charge is 2.36. The van der Waals surface area contributed by atoms with Gasteiger partial charge in [-0.1, -0.05) is 30.3 Å². The Kier molecular flexibility index (Phi) is 4.62. The molecule has 2 aromatic carbocycles. The van der Waals surface area contributed by atoms with Gasteiger partial charge in [0.1, 0.15) is 5.75 Å². The summed E-state index contributed by atoms with van der Waals surface area (Å²) in [7, 11) is 0. The van der Waals surface area contributed by atoms with Crippen LogP contribution in [0.25, 0.3) is 16.8 Å². The SMILES string of the molecule is CCOc1ccc2ccccc2c1/C=C1/SC(=O)N(C(C)C)C1=O. The van der Waals surface area contributed by atoms with E-state index < -0.39 is 0 Å². The Balaban J connectivity index is 2.14. The first-order valence-corrected chi connectivity index (χ1v) is 8.76. The lowest BCUT2D eigenvalue weighted by molar-refractivity contribution is -0.123. The van der Waals surface area contributed by atoms with Crippen LogP contribution in [0.1, 0.15) is 26.3 Å². The minimum atomic E-state index is -0.240. The van der Waals surface area contributed by atoms with Crippen LogP contribution in [0.5, 0.6) is 5.75 Å². The van der Waals surface area contributed by atoms with Gasteiger partial charge in [-0.05, 0) is 55.4 Å². The maximum Gasteiger partial charge on any atom is 0.293 e. The summed E-state index contributed by atoms with van der Waals surface area (Å²) in [5.74, 6) is 0.475. The molecule has 0 N–H and O–H groups in total. The summed E-state index contributed by atoms with van der Waals surface area (Å²) in [5.41, 5.74) is 0.837. The van der Waals surface area contributed by atoms with Crippen molar-refractivity contribution in [1.82, 2.24) is 4.90 Å². The quantitative estimate of drug-likeness (QED) is 0.757. The van der Waals surface area contributed by atoms with Gasteiger partial charge in [0.2, 0.25) is 0 Å². The van der Waals surface area contributed by atoms with Crippen molar-refractivity contribution in [2.24, 2.45) is 0 Å². The van der Waals surface area contributed by atoms with Crippen LogP contribution >= 0.6 is 11.8 Å². The fourth-order valence-electron chi connectivity index (χ4n) is 2.76. The number of ether oxygens (including phenoxy) is 1. The summed E-state index contributed by atoms with van der Waals surface area (Å²) in [6.45, 7) is 6.13. The highest BCUT2D eigenvalue weighted by molar-refractivity contribution is 8.18. The molecule has 2 aromatic rings. The molecule has 0 unspecified atom stereocenters. The van der Waals surface area contributed by atoms with Gasteiger partial charge in [-0.25, -0.2) is 0 Å². The number of rotatable bonds is 4. The van der Waals surface area contributed by atoms with E-state index in [2.05, 4.69) is 0 Å². The van der Waals surface area contributed by atoms with E-state index in [1.54, 1.807) is 6.08 Å². The fourth-order valence-corrected chi connectivity index (χ4v) is 3.70. The molecule has 1 saturated heterocycles. The van der Waals surface area contributed by atoms with E-state index in [1.165, 1.54) is 4.90 Å². The van der Waals surface area contributed by atoms with E-state index in [-0.39, 0.29) is 17.2 Å². The first-order chi connectivity index (χ1) is 11.5. The number of hydrogen-bond acceptors (Lipinski definition) is 4. The molecular weight excluding hydrogens is 322 g/mol. The lowest BCUT2D eigenvalue weighted by atomic mass is 10.0. The summed E-state index contributed by atoms with van der Waals surface area (Å²) in [6.07, 6.45) is 1.78. The van der Waals surface area contributed by atoms with Gasteiger partial charge in [0.25, 0.3) is 11.1 Å². The summed E-state index contributed by atoms with van der Waals surface area (Å²) < 4.78 is 5.73. The molecule has 3 rings (SSSR count). The van der Waals surface area contributed by atoms with Crippen molar-refractivity contribution in [2.45, 2.75) is 26.8 Å². The summed E-state index contributed by atoms with van der Waals surface area (Å²) in [5, 5.41) is 1.84. The Morgan fingerprint density at radius 3 is 2.58 bits per heavy atom. The Hall–Kier alpha value is -2.27. The summed E-state index contributed by atoms with van der Waals surface area (Å²) in [4.78, 5) is 26.4. The third-order valence-electron chi connectivity index (χ3n) is 3.85. The molecule has 0 bridgehead atoms. The molecule has 0 saturated carbocycles. The Morgan fingerprint density at radius 1 is 1.17 bits per heavy atom. The first-order valence-electron chi connectivity index (χ1n) is 7.94. The molecule has 1 aliphatic heterocycles. The van der Waals surface area contributed by atoms with Gasteiger partial charge in [-0.15, -0.1) is 0 Å². The number of nitrogens with zero attached hydrogens (tertiary/aromatic N) is 1. The van der Waals surface area contributed by atoms with E-state index in [0.29, 0.717) is 17.3 Å². The van der Waals surface area contributed by atoms with Gasteiger partial charge in [0.15, 0.2) is 0 Å². The lowest BCUT2D eigenvalue weighted by Crippen LogP contribution is -2.34. The second-order valence-electron chi connectivity index (χ2n) is 5.78. The zero-order valence-electron chi connectivity index (χ0n) is 13.9. The molecule has 24 heavy (non-hydrogen) atoms. The van der Waals surface area contributed by atoms with Crippen LogP contribution < -0.4 is 4.74 Å². The van der Waals surface area contributed by atoms with Crippen molar-refractivity contribution >= 4 is 39.8 Å². The van der Waals surface area contributed by atoms with Crippen LogP contribution in [-0.2, 0) is 4.79 Å². The number of fused-ring (bicyclic) bond motifs is 1. The predicted octanol–water partition coefficient (Wildman–Crippen LogP) is 4.68. The molecule has 0 spiro atoms.